The highest BCUT2D eigenvalue weighted by Crippen LogP contribution is 2.30. The van der Waals surface area contributed by atoms with Crippen LogP contribution >= 0.6 is 38.5 Å². The molecule has 0 atom stereocenters. The number of carboxylic acids is 1. The summed E-state index contributed by atoms with van der Waals surface area (Å²) < 4.78 is 7.12. The van der Waals surface area contributed by atoms with Crippen molar-refractivity contribution in [2.24, 2.45) is 0 Å². The number of aromatic carboxylic acids is 1. The zero-order chi connectivity index (χ0) is 14.7. The minimum atomic E-state index is -1.07. The van der Waals surface area contributed by atoms with Crippen LogP contribution in [-0.4, -0.2) is 11.1 Å². The average molecular weight is 444 g/mol. The molecule has 0 saturated carbocycles. The van der Waals surface area contributed by atoms with Crippen molar-refractivity contribution in [3.05, 3.63) is 55.6 Å². The normalized spacial score (nSPS) is 9.85. The number of hydrogen-bond acceptors (Lipinski definition) is 3. The largest absolute Gasteiger partial charge is 0.478 e. The molecule has 2 aromatic rings. The van der Waals surface area contributed by atoms with E-state index in [1.807, 2.05) is 28.7 Å². The first kappa shape index (κ1) is 14.8. The van der Waals surface area contributed by atoms with Gasteiger partial charge in [0, 0.05) is 8.04 Å². The lowest BCUT2D eigenvalue weighted by Gasteiger charge is -2.10. The number of nitriles is 1. The Morgan fingerprint density at radius 3 is 2.60 bits per heavy atom. The molecule has 0 amide bonds. The van der Waals surface area contributed by atoms with E-state index in [2.05, 4.69) is 15.9 Å². The monoisotopic (exact) mass is 443 g/mol. The predicted molar refractivity (Wildman–Crippen MR) is 85.0 cm³/mol. The number of carbonyl (C=O) groups is 1. The van der Waals surface area contributed by atoms with E-state index in [4.69, 9.17) is 10.00 Å². The van der Waals surface area contributed by atoms with Crippen molar-refractivity contribution >= 4 is 44.5 Å². The Kier molecular flexibility index (Phi) is 4.62. The fourth-order valence-electron chi connectivity index (χ4n) is 1.56. The van der Waals surface area contributed by atoms with Gasteiger partial charge in [-0.15, -0.1) is 0 Å². The Balaban J connectivity index is 2.45. The van der Waals surface area contributed by atoms with Crippen LogP contribution in [0.15, 0.2) is 40.9 Å². The van der Waals surface area contributed by atoms with Crippen molar-refractivity contribution in [2.45, 2.75) is 0 Å². The number of hydrogen-bond donors (Lipinski definition) is 1. The molecule has 0 heterocycles. The molecule has 0 saturated heterocycles. The van der Waals surface area contributed by atoms with Gasteiger partial charge in [0.25, 0.3) is 0 Å². The summed E-state index contributed by atoms with van der Waals surface area (Å²) in [4.78, 5) is 11.2. The maximum Gasteiger partial charge on any atom is 0.339 e. The first-order chi connectivity index (χ1) is 9.51. The van der Waals surface area contributed by atoms with E-state index in [1.165, 1.54) is 6.07 Å². The summed E-state index contributed by atoms with van der Waals surface area (Å²) >= 11 is 5.30. The number of carboxylic acid groups (broad SMARTS) is 1. The van der Waals surface area contributed by atoms with Crippen LogP contribution in [0.3, 0.4) is 0 Å². The third-order valence-electron chi connectivity index (χ3n) is 2.45. The topological polar surface area (TPSA) is 70.3 Å². The van der Waals surface area contributed by atoms with Crippen LogP contribution in [0.2, 0.25) is 0 Å². The molecule has 0 aliphatic carbocycles. The van der Waals surface area contributed by atoms with E-state index in [9.17, 15) is 9.90 Å². The maximum absolute atomic E-state index is 11.2. The Morgan fingerprint density at radius 2 is 1.95 bits per heavy atom. The summed E-state index contributed by atoms with van der Waals surface area (Å²) in [7, 11) is 0. The fraction of sp³-hybridized carbons (Fsp3) is 0. The van der Waals surface area contributed by atoms with Gasteiger partial charge in [-0.2, -0.15) is 5.26 Å². The molecule has 2 rings (SSSR count). The Hall–Kier alpha value is -1.59. The van der Waals surface area contributed by atoms with E-state index in [1.54, 1.807) is 30.3 Å². The van der Waals surface area contributed by atoms with Crippen LogP contribution in [-0.2, 0) is 0 Å². The highest BCUT2D eigenvalue weighted by Gasteiger charge is 2.14. The van der Waals surface area contributed by atoms with E-state index in [-0.39, 0.29) is 11.3 Å². The van der Waals surface area contributed by atoms with Gasteiger partial charge in [0.15, 0.2) is 0 Å². The predicted octanol–water partition coefficient (Wildman–Crippen LogP) is 4.42. The molecule has 4 nitrogen and oxygen atoms in total. The third kappa shape index (κ3) is 3.29. The number of halogens is 2. The summed E-state index contributed by atoms with van der Waals surface area (Å²) in [6.45, 7) is 0. The van der Waals surface area contributed by atoms with Crippen molar-refractivity contribution in [1.29, 1.82) is 5.26 Å². The average Bonchev–Trinajstić information content (AvgIpc) is 2.42. The molecule has 0 aromatic heterocycles. The van der Waals surface area contributed by atoms with Gasteiger partial charge in [-0.05, 0) is 59.0 Å². The van der Waals surface area contributed by atoms with Crippen molar-refractivity contribution in [2.75, 3.05) is 0 Å². The second-order valence-electron chi connectivity index (χ2n) is 3.80. The zero-order valence-electron chi connectivity index (χ0n) is 9.93. The van der Waals surface area contributed by atoms with Gasteiger partial charge in [-0.3, -0.25) is 0 Å². The minimum Gasteiger partial charge on any atom is -0.478 e. The fourth-order valence-corrected chi connectivity index (χ4v) is 2.41. The molecule has 2 aromatic carbocycles. The molecule has 1 N–H and O–H groups in total. The van der Waals surface area contributed by atoms with Gasteiger partial charge >= 0.3 is 5.97 Å². The lowest BCUT2D eigenvalue weighted by atomic mass is 10.2. The standard InChI is InChI=1S/C14H7BrINO3/c15-9-1-3-12(8(5-9)7-17)20-13-4-2-10(16)6-11(13)14(18)19/h1-6H,(H,18,19). The molecule has 20 heavy (non-hydrogen) atoms. The number of nitrogens with zero attached hydrogens (tertiary/aromatic N) is 1. The molecular formula is C14H7BrINO3. The van der Waals surface area contributed by atoms with Crippen molar-refractivity contribution < 1.29 is 14.6 Å². The number of ether oxygens (including phenoxy) is 1. The SMILES string of the molecule is N#Cc1cc(Br)ccc1Oc1ccc(I)cc1C(=O)O. The van der Waals surface area contributed by atoms with E-state index >= 15 is 0 Å². The van der Waals surface area contributed by atoms with Crippen molar-refractivity contribution in [1.82, 2.24) is 0 Å². The molecule has 6 heteroatoms. The molecule has 100 valence electrons. The summed E-state index contributed by atoms with van der Waals surface area (Å²) in [5.74, 6) is -0.551. The summed E-state index contributed by atoms with van der Waals surface area (Å²) in [5, 5.41) is 18.3. The van der Waals surface area contributed by atoms with Crippen LogP contribution in [0.1, 0.15) is 15.9 Å². The second-order valence-corrected chi connectivity index (χ2v) is 5.96. The first-order valence-electron chi connectivity index (χ1n) is 5.41. The van der Waals surface area contributed by atoms with Gasteiger partial charge < -0.3 is 9.84 Å². The molecule has 0 fully saturated rings. The summed E-state index contributed by atoms with van der Waals surface area (Å²) in [6, 6.07) is 11.8. The number of rotatable bonds is 3. The smallest absolute Gasteiger partial charge is 0.339 e. The summed E-state index contributed by atoms with van der Waals surface area (Å²) in [5.41, 5.74) is 0.387. The Morgan fingerprint density at radius 1 is 1.25 bits per heavy atom. The van der Waals surface area contributed by atoms with Gasteiger partial charge in [0.05, 0.1) is 5.56 Å². The van der Waals surface area contributed by atoms with E-state index < -0.39 is 5.97 Å². The highest BCUT2D eigenvalue weighted by molar-refractivity contribution is 14.1. The van der Waals surface area contributed by atoms with Gasteiger partial charge in [0.2, 0.25) is 0 Å². The number of benzene rings is 2. The quantitative estimate of drug-likeness (QED) is 0.713. The van der Waals surface area contributed by atoms with Crippen LogP contribution in [0, 0.1) is 14.9 Å². The minimum absolute atomic E-state index is 0.0590. The van der Waals surface area contributed by atoms with E-state index in [0.29, 0.717) is 11.3 Å². The first-order valence-corrected chi connectivity index (χ1v) is 7.29. The maximum atomic E-state index is 11.2. The van der Waals surface area contributed by atoms with Crippen molar-refractivity contribution in [3.63, 3.8) is 0 Å². The van der Waals surface area contributed by atoms with Gasteiger partial charge in [-0.25, -0.2) is 4.79 Å². The van der Waals surface area contributed by atoms with Crippen LogP contribution < -0.4 is 4.74 Å². The summed E-state index contributed by atoms with van der Waals surface area (Å²) in [6.07, 6.45) is 0. The highest BCUT2D eigenvalue weighted by atomic mass is 127. The Bertz CT molecular complexity index is 725. The van der Waals surface area contributed by atoms with Crippen LogP contribution in [0.4, 0.5) is 0 Å². The van der Waals surface area contributed by atoms with Crippen LogP contribution in [0.25, 0.3) is 0 Å². The molecule has 0 bridgehead atoms. The van der Waals surface area contributed by atoms with E-state index in [0.717, 1.165) is 8.04 Å². The lowest BCUT2D eigenvalue weighted by Crippen LogP contribution is -2.01. The molecule has 0 radical (unpaired) electrons. The zero-order valence-corrected chi connectivity index (χ0v) is 13.7. The second kappa shape index (κ2) is 6.24. The van der Waals surface area contributed by atoms with Gasteiger partial charge in [-0.1, -0.05) is 15.9 Å². The molecule has 0 aliphatic heterocycles. The van der Waals surface area contributed by atoms with Crippen LogP contribution in [0.5, 0.6) is 11.5 Å². The van der Waals surface area contributed by atoms with Gasteiger partial charge in [0.1, 0.15) is 23.1 Å². The molecule has 0 unspecified atom stereocenters. The molecule has 0 spiro atoms. The molecular weight excluding hydrogens is 437 g/mol. The third-order valence-corrected chi connectivity index (χ3v) is 3.62. The van der Waals surface area contributed by atoms with Crippen molar-refractivity contribution in [3.8, 4) is 17.6 Å². The molecule has 0 aliphatic rings. The Labute approximate surface area is 137 Å². The lowest BCUT2D eigenvalue weighted by molar-refractivity contribution is 0.0694.